The maximum Gasteiger partial charge on any atom is 0.416 e. The van der Waals surface area contributed by atoms with Gasteiger partial charge in [0.15, 0.2) is 5.69 Å². The van der Waals surface area contributed by atoms with Gasteiger partial charge in [-0.25, -0.2) is 9.78 Å². The predicted octanol–water partition coefficient (Wildman–Crippen LogP) is 3.28. The van der Waals surface area contributed by atoms with Crippen molar-refractivity contribution >= 4 is 11.7 Å². The highest BCUT2D eigenvalue weighted by Crippen LogP contribution is 2.34. The molecule has 0 atom stereocenters. The Kier molecular flexibility index (Phi) is 4.58. The van der Waals surface area contributed by atoms with Crippen molar-refractivity contribution in [2.45, 2.75) is 20.0 Å². The van der Waals surface area contributed by atoms with Gasteiger partial charge < -0.3 is 4.74 Å². The van der Waals surface area contributed by atoms with Crippen LogP contribution < -0.4 is 0 Å². The minimum absolute atomic E-state index is 0.0680. The summed E-state index contributed by atoms with van der Waals surface area (Å²) in [5, 5.41) is 11.2. The number of hydrogen-bond donors (Lipinski definition) is 0. The van der Waals surface area contributed by atoms with Crippen molar-refractivity contribution in [3.05, 3.63) is 51.6 Å². The summed E-state index contributed by atoms with van der Waals surface area (Å²) in [6.07, 6.45) is -3.60. The van der Waals surface area contributed by atoms with Crippen LogP contribution in [0.3, 0.4) is 0 Å². The molecule has 1 heterocycles. The topological polar surface area (TPSA) is 87.3 Å². The summed E-state index contributed by atoms with van der Waals surface area (Å²) < 4.78 is 44.2. The molecule has 0 aliphatic heterocycles. The van der Waals surface area contributed by atoms with E-state index in [-0.39, 0.29) is 23.7 Å². The van der Waals surface area contributed by atoms with Crippen LogP contribution in [0.15, 0.2) is 24.5 Å². The molecular formula is C14H12F3N3O4. The van der Waals surface area contributed by atoms with Gasteiger partial charge in [-0.3, -0.25) is 14.7 Å². The van der Waals surface area contributed by atoms with Crippen LogP contribution in [0.25, 0.3) is 5.69 Å². The molecule has 0 N–H and O–H groups in total. The zero-order valence-corrected chi connectivity index (χ0v) is 12.6. The Morgan fingerprint density at radius 1 is 1.42 bits per heavy atom. The van der Waals surface area contributed by atoms with Crippen LogP contribution in [0.2, 0.25) is 0 Å². The van der Waals surface area contributed by atoms with Gasteiger partial charge in [-0.1, -0.05) is 0 Å². The van der Waals surface area contributed by atoms with Gasteiger partial charge in [-0.2, -0.15) is 13.2 Å². The van der Waals surface area contributed by atoms with Gasteiger partial charge in [0, 0.05) is 6.07 Å². The first-order chi connectivity index (χ1) is 11.2. The molecule has 0 fully saturated rings. The lowest BCUT2D eigenvalue weighted by molar-refractivity contribution is -0.384. The molecule has 0 radical (unpaired) electrons. The normalized spacial score (nSPS) is 11.4. The number of benzene rings is 1. The number of halogens is 3. The van der Waals surface area contributed by atoms with Crippen molar-refractivity contribution in [2.75, 3.05) is 6.61 Å². The molecule has 0 unspecified atom stereocenters. The number of alkyl halides is 3. The second-order valence-electron chi connectivity index (χ2n) is 4.73. The Hall–Kier alpha value is -2.91. The van der Waals surface area contributed by atoms with Crippen molar-refractivity contribution in [3.8, 4) is 5.69 Å². The third-order valence-corrected chi connectivity index (χ3v) is 3.18. The lowest BCUT2D eigenvalue weighted by Gasteiger charge is -2.11. The number of aromatic nitrogens is 2. The summed E-state index contributed by atoms with van der Waals surface area (Å²) >= 11 is 0. The zero-order valence-electron chi connectivity index (χ0n) is 12.6. The molecule has 0 amide bonds. The van der Waals surface area contributed by atoms with Crippen molar-refractivity contribution in [1.82, 2.24) is 9.55 Å². The van der Waals surface area contributed by atoms with Gasteiger partial charge in [-0.15, -0.1) is 0 Å². The molecule has 128 valence electrons. The van der Waals surface area contributed by atoms with Gasteiger partial charge >= 0.3 is 12.1 Å². The maximum absolute atomic E-state index is 12.8. The second-order valence-corrected chi connectivity index (χ2v) is 4.73. The number of imidazole rings is 1. The third-order valence-electron chi connectivity index (χ3n) is 3.18. The number of rotatable bonds is 4. The van der Waals surface area contributed by atoms with E-state index >= 15 is 0 Å². The van der Waals surface area contributed by atoms with E-state index in [1.165, 1.54) is 6.92 Å². The fourth-order valence-corrected chi connectivity index (χ4v) is 2.12. The van der Waals surface area contributed by atoms with Crippen LogP contribution in [0, 0.1) is 17.0 Å². The number of esters is 1. The summed E-state index contributed by atoms with van der Waals surface area (Å²) in [6.45, 7) is 3.13. The SMILES string of the molecule is CCOC(=O)c1c(C)ncn1-c1ccc(C(F)(F)F)cc1[N+](=O)[O-]. The summed E-state index contributed by atoms with van der Waals surface area (Å²) in [4.78, 5) is 26.1. The van der Waals surface area contributed by atoms with Crippen LogP contribution in [0.5, 0.6) is 0 Å². The van der Waals surface area contributed by atoms with E-state index in [2.05, 4.69) is 4.98 Å². The molecule has 0 saturated heterocycles. The fraction of sp³-hybridized carbons (Fsp3) is 0.286. The average Bonchev–Trinajstić information content (AvgIpc) is 2.87. The van der Waals surface area contributed by atoms with Crippen molar-refractivity contribution < 1.29 is 27.6 Å². The molecule has 0 aliphatic carbocycles. The Morgan fingerprint density at radius 2 is 2.08 bits per heavy atom. The van der Waals surface area contributed by atoms with E-state index in [1.54, 1.807) is 6.92 Å². The second kappa shape index (κ2) is 6.30. The first kappa shape index (κ1) is 17.4. The van der Waals surface area contributed by atoms with Crippen LogP contribution in [-0.2, 0) is 10.9 Å². The van der Waals surface area contributed by atoms with Gasteiger partial charge in [0.2, 0.25) is 0 Å². The summed E-state index contributed by atoms with van der Waals surface area (Å²) in [6, 6.07) is 2.04. The molecule has 0 saturated carbocycles. The average molecular weight is 343 g/mol. The highest BCUT2D eigenvalue weighted by molar-refractivity contribution is 5.89. The van der Waals surface area contributed by atoms with E-state index in [0.29, 0.717) is 12.1 Å². The number of ether oxygens (including phenoxy) is 1. The van der Waals surface area contributed by atoms with Crippen LogP contribution in [-0.4, -0.2) is 27.1 Å². The Bertz CT molecular complexity index is 799. The number of carbonyl (C=O) groups excluding carboxylic acids is 1. The monoisotopic (exact) mass is 343 g/mol. The van der Waals surface area contributed by atoms with Crippen LogP contribution >= 0.6 is 0 Å². The Labute approximate surface area is 133 Å². The summed E-state index contributed by atoms with van der Waals surface area (Å²) in [5.74, 6) is -0.776. The number of nitro benzene ring substituents is 1. The molecule has 0 spiro atoms. The summed E-state index contributed by atoms with van der Waals surface area (Å²) in [7, 11) is 0. The van der Waals surface area contributed by atoms with Crippen molar-refractivity contribution in [3.63, 3.8) is 0 Å². The number of nitrogens with zero attached hydrogens (tertiary/aromatic N) is 3. The van der Waals surface area contributed by atoms with E-state index in [9.17, 15) is 28.1 Å². The molecule has 2 aromatic rings. The minimum atomic E-state index is -4.72. The minimum Gasteiger partial charge on any atom is -0.461 e. The smallest absolute Gasteiger partial charge is 0.416 e. The molecule has 24 heavy (non-hydrogen) atoms. The maximum atomic E-state index is 12.8. The molecule has 1 aromatic heterocycles. The zero-order chi connectivity index (χ0) is 18.1. The van der Waals surface area contributed by atoms with E-state index in [4.69, 9.17) is 4.74 Å². The first-order valence-electron chi connectivity index (χ1n) is 6.73. The van der Waals surface area contributed by atoms with Gasteiger partial charge in [0.25, 0.3) is 5.69 Å². The molecule has 1 aromatic carbocycles. The van der Waals surface area contributed by atoms with Crippen molar-refractivity contribution in [2.24, 2.45) is 0 Å². The van der Waals surface area contributed by atoms with Crippen LogP contribution in [0.4, 0.5) is 18.9 Å². The number of nitro groups is 1. The predicted molar refractivity (Wildman–Crippen MR) is 75.9 cm³/mol. The number of aryl methyl sites for hydroxylation is 1. The molecule has 0 bridgehead atoms. The third kappa shape index (κ3) is 3.21. The molecule has 0 aliphatic rings. The Morgan fingerprint density at radius 3 is 2.62 bits per heavy atom. The van der Waals surface area contributed by atoms with E-state index in [1.807, 2.05) is 0 Å². The summed E-state index contributed by atoms with van der Waals surface area (Å²) in [5.41, 5.74) is -2.01. The lowest BCUT2D eigenvalue weighted by Crippen LogP contribution is -2.14. The lowest BCUT2D eigenvalue weighted by atomic mass is 10.1. The van der Waals surface area contributed by atoms with Gasteiger partial charge in [0.05, 0.1) is 22.8 Å². The number of hydrogen-bond acceptors (Lipinski definition) is 5. The molecule has 7 nitrogen and oxygen atoms in total. The highest BCUT2D eigenvalue weighted by atomic mass is 19.4. The fourth-order valence-electron chi connectivity index (χ4n) is 2.12. The van der Waals surface area contributed by atoms with Crippen molar-refractivity contribution in [1.29, 1.82) is 0 Å². The largest absolute Gasteiger partial charge is 0.461 e. The van der Waals surface area contributed by atoms with Gasteiger partial charge in [-0.05, 0) is 26.0 Å². The Balaban J connectivity index is 2.66. The first-order valence-corrected chi connectivity index (χ1v) is 6.73. The molecule has 10 heteroatoms. The standard InChI is InChI=1S/C14H12F3N3O4/c1-3-24-13(21)12-8(2)18-7-19(12)10-5-4-9(14(15,16)17)6-11(10)20(22)23/h4-7H,3H2,1-2H3. The quantitative estimate of drug-likeness (QED) is 0.483. The number of carbonyl (C=O) groups is 1. The molecule has 2 rings (SSSR count). The van der Waals surface area contributed by atoms with Crippen LogP contribution in [0.1, 0.15) is 28.7 Å². The molecular weight excluding hydrogens is 331 g/mol. The highest BCUT2D eigenvalue weighted by Gasteiger charge is 2.34. The van der Waals surface area contributed by atoms with E-state index < -0.39 is 28.3 Å². The van der Waals surface area contributed by atoms with Gasteiger partial charge in [0.1, 0.15) is 12.0 Å². The van der Waals surface area contributed by atoms with E-state index in [0.717, 1.165) is 17.0 Å².